The largest absolute Gasteiger partial charge is 0.416 e. The van der Waals surface area contributed by atoms with Gasteiger partial charge in [-0.2, -0.15) is 13.2 Å². The molecule has 0 bridgehead atoms. The molecule has 1 aromatic carbocycles. The first-order valence-corrected chi connectivity index (χ1v) is 8.32. The number of nitrogens with one attached hydrogen (secondary N) is 1. The van der Waals surface area contributed by atoms with Crippen LogP contribution >= 0.6 is 0 Å². The highest BCUT2D eigenvalue weighted by Gasteiger charge is 2.39. The summed E-state index contributed by atoms with van der Waals surface area (Å²) in [5.74, 6) is -0.963. The van der Waals surface area contributed by atoms with Gasteiger partial charge in [0.1, 0.15) is 5.41 Å². The van der Waals surface area contributed by atoms with E-state index in [1.165, 1.54) is 26.0 Å². The van der Waals surface area contributed by atoms with Crippen molar-refractivity contribution >= 4 is 17.5 Å². The lowest BCUT2D eigenvalue weighted by molar-refractivity contribution is -0.146. The summed E-state index contributed by atoms with van der Waals surface area (Å²) >= 11 is 0. The first-order valence-electron chi connectivity index (χ1n) is 8.32. The summed E-state index contributed by atoms with van der Waals surface area (Å²) in [6, 6.07) is 4.36. The molecular formula is C18H25F3N2O2. The number of carbonyl (C=O) groups is 2. The van der Waals surface area contributed by atoms with Crippen LogP contribution in [-0.2, 0) is 15.8 Å². The summed E-state index contributed by atoms with van der Waals surface area (Å²) in [5, 5.41) is 2.43. The van der Waals surface area contributed by atoms with Crippen LogP contribution in [0, 0.1) is 5.41 Å². The van der Waals surface area contributed by atoms with E-state index in [4.69, 9.17) is 0 Å². The van der Waals surface area contributed by atoms with Crippen molar-refractivity contribution in [1.29, 1.82) is 0 Å². The van der Waals surface area contributed by atoms with E-state index in [9.17, 15) is 22.8 Å². The predicted molar refractivity (Wildman–Crippen MR) is 91.0 cm³/mol. The Bertz CT molecular complexity index is 607. The van der Waals surface area contributed by atoms with E-state index in [-0.39, 0.29) is 11.6 Å². The van der Waals surface area contributed by atoms with Crippen molar-refractivity contribution in [1.82, 2.24) is 4.90 Å². The highest BCUT2D eigenvalue weighted by Crippen LogP contribution is 2.31. The Morgan fingerprint density at radius 1 is 1.08 bits per heavy atom. The first kappa shape index (κ1) is 21.0. The molecule has 0 fully saturated rings. The van der Waals surface area contributed by atoms with Crippen LogP contribution in [0.1, 0.15) is 46.1 Å². The zero-order chi connectivity index (χ0) is 19.3. The molecule has 0 aliphatic rings. The standard InChI is InChI=1S/C18H25F3N2O2/c1-5-10-23(11-6-2)16(25)17(3,4)15(24)22-14-9-7-8-13(12-14)18(19,20)21/h7-9,12H,5-6,10-11H2,1-4H3,(H,22,24). The van der Waals surface area contributed by atoms with Gasteiger partial charge in [0.2, 0.25) is 11.8 Å². The Hall–Kier alpha value is -2.05. The van der Waals surface area contributed by atoms with Gasteiger partial charge in [0, 0.05) is 18.8 Å². The Kier molecular flexibility index (Phi) is 7.02. The number of benzene rings is 1. The molecule has 0 saturated carbocycles. The zero-order valence-electron chi connectivity index (χ0n) is 15.0. The number of nitrogens with zero attached hydrogens (tertiary/aromatic N) is 1. The quantitative estimate of drug-likeness (QED) is 0.738. The summed E-state index contributed by atoms with van der Waals surface area (Å²) in [6.07, 6.45) is -2.97. The molecule has 1 aromatic rings. The molecule has 1 N–H and O–H groups in total. The third-order valence-corrected chi connectivity index (χ3v) is 3.82. The maximum Gasteiger partial charge on any atom is 0.416 e. The van der Waals surface area contributed by atoms with Gasteiger partial charge in [-0.15, -0.1) is 0 Å². The van der Waals surface area contributed by atoms with Crippen molar-refractivity contribution in [2.75, 3.05) is 18.4 Å². The lowest BCUT2D eigenvalue weighted by Gasteiger charge is -2.30. The third-order valence-electron chi connectivity index (χ3n) is 3.82. The van der Waals surface area contributed by atoms with E-state index >= 15 is 0 Å². The minimum absolute atomic E-state index is 0.0123. The molecule has 25 heavy (non-hydrogen) atoms. The average molecular weight is 358 g/mol. The van der Waals surface area contributed by atoms with Gasteiger partial charge >= 0.3 is 6.18 Å². The number of anilines is 1. The highest BCUT2D eigenvalue weighted by molar-refractivity contribution is 6.09. The fourth-order valence-corrected chi connectivity index (χ4v) is 2.41. The molecule has 2 amide bonds. The molecule has 1 rings (SSSR count). The number of hydrogen-bond acceptors (Lipinski definition) is 2. The Morgan fingerprint density at radius 2 is 1.64 bits per heavy atom. The summed E-state index contributed by atoms with van der Waals surface area (Å²) in [5.41, 5.74) is -2.22. The molecule has 0 unspecified atom stereocenters. The molecule has 0 atom stereocenters. The van der Waals surface area contributed by atoms with Crippen LogP contribution in [0.15, 0.2) is 24.3 Å². The summed E-state index contributed by atoms with van der Waals surface area (Å²) in [7, 11) is 0. The van der Waals surface area contributed by atoms with Crippen molar-refractivity contribution < 1.29 is 22.8 Å². The Labute approximate surface area is 146 Å². The Balaban J connectivity index is 2.96. The minimum Gasteiger partial charge on any atom is -0.342 e. The number of alkyl halides is 3. The Morgan fingerprint density at radius 3 is 2.12 bits per heavy atom. The van der Waals surface area contributed by atoms with Crippen LogP contribution < -0.4 is 5.32 Å². The number of rotatable bonds is 7. The van der Waals surface area contributed by atoms with Gasteiger partial charge in [-0.1, -0.05) is 19.9 Å². The van der Waals surface area contributed by atoms with E-state index in [2.05, 4.69) is 5.32 Å². The fraction of sp³-hybridized carbons (Fsp3) is 0.556. The second kappa shape index (κ2) is 8.36. The van der Waals surface area contributed by atoms with Crippen LogP contribution in [0.25, 0.3) is 0 Å². The lowest BCUT2D eigenvalue weighted by Crippen LogP contribution is -2.47. The fourth-order valence-electron chi connectivity index (χ4n) is 2.41. The summed E-state index contributed by atoms with van der Waals surface area (Å²) in [4.78, 5) is 26.8. The maximum atomic E-state index is 12.8. The predicted octanol–water partition coefficient (Wildman–Crippen LogP) is 4.32. The lowest BCUT2D eigenvalue weighted by atomic mass is 9.90. The molecular weight excluding hydrogens is 333 g/mol. The SMILES string of the molecule is CCCN(CCC)C(=O)C(C)(C)C(=O)Nc1cccc(C(F)(F)F)c1. The van der Waals surface area contributed by atoms with Crippen molar-refractivity contribution in [2.24, 2.45) is 5.41 Å². The van der Waals surface area contributed by atoms with E-state index in [1.54, 1.807) is 4.90 Å². The third kappa shape index (κ3) is 5.47. The van der Waals surface area contributed by atoms with Crippen molar-refractivity contribution in [3.05, 3.63) is 29.8 Å². The number of halogens is 3. The van der Waals surface area contributed by atoms with Gasteiger partial charge in [-0.05, 0) is 44.9 Å². The van der Waals surface area contributed by atoms with Gasteiger partial charge in [0.05, 0.1) is 5.56 Å². The van der Waals surface area contributed by atoms with Gasteiger partial charge in [0.15, 0.2) is 0 Å². The second-order valence-electron chi connectivity index (χ2n) is 6.45. The number of hydrogen-bond donors (Lipinski definition) is 1. The maximum absolute atomic E-state index is 12.8. The van der Waals surface area contributed by atoms with Crippen LogP contribution in [-0.4, -0.2) is 29.8 Å². The van der Waals surface area contributed by atoms with Gasteiger partial charge < -0.3 is 10.2 Å². The van der Waals surface area contributed by atoms with E-state index in [1.807, 2.05) is 13.8 Å². The van der Waals surface area contributed by atoms with Crippen molar-refractivity contribution in [2.45, 2.75) is 46.7 Å². The topological polar surface area (TPSA) is 49.4 Å². The number of amides is 2. The van der Waals surface area contributed by atoms with Gasteiger partial charge in [-0.3, -0.25) is 9.59 Å². The average Bonchev–Trinajstić information content (AvgIpc) is 2.53. The molecule has 0 heterocycles. The van der Waals surface area contributed by atoms with E-state index < -0.39 is 23.1 Å². The molecule has 140 valence electrons. The van der Waals surface area contributed by atoms with Crippen LogP contribution in [0.3, 0.4) is 0 Å². The zero-order valence-corrected chi connectivity index (χ0v) is 15.0. The molecule has 7 heteroatoms. The summed E-state index contributed by atoms with van der Waals surface area (Å²) in [6.45, 7) is 7.91. The van der Waals surface area contributed by atoms with Gasteiger partial charge in [0.25, 0.3) is 0 Å². The molecule has 0 saturated heterocycles. The van der Waals surface area contributed by atoms with Crippen LogP contribution in [0.4, 0.5) is 18.9 Å². The molecule has 4 nitrogen and oxygen atoms in total. The minimum atomic E-state index is -4.49. The molecule has 0 radical (unpaired) electrons. The highest BCUT2D eigenvalue weighted by atomic mass is 19.4. The molecule has 0 spiro atoms. The normalized spacial score (nSPS) is 12.0. The second-order valence-corrected chi connectivity index (χ2v) is 6.45. The van der Waals surface area contributed by atoms with Crippen molar-refractivity contribution in [3.8, 4) is 0 Å². The smallest absolute Gasteiger partial charge is 0.342 e. The number of carbonyl (C=O) groups excluding carboxylic acids is 2. The van der Waals surface area contributed by atoms with Crippen LogP contribution in [0.5, 0.6) is 0 Å². The van der Waals surface area contributed by atoms with Gasteiger partial charge in [-0.25, -0.2) is 0 Å². The molecule has 0 aromatic heterocycles. The van der Waals surface area contributed by atoms with E-state index in [0.717, 1.165) is 25.0 Å². The monoisotopic (exact) mass is 358 g/mol. The molecule has 0 aliphatic carbocycles. The summed E-state index contributed by atoms with van der Waals surface area (Å²) < 4.78 is 38.3. The van der Waals surface area contributed by atoms with E-state index in [0.29, 0.717) is 13.1 Å². The first-order chi connectivity index (χ1) is 11.5. The van der Waals surface area contributed by atoms with Crippen LogP contribution in [0.2, 0.25) is 0 Å². The molecule has 0 aliphatic heterocycles. The van der Waals surface area contributed by atoms with Crippen molar-refractivity contribution in [3.63, 3.8) is 0 Å².